The van der Waals surface area contributed by atoms with E-state index in [0.29, 0.717) is 6.10 Å². The molecule has 2 rings (SSSR count). The predicted octanol–water partition coefficient (Wildman–Crippen LogP) is 2.99. The van der Waals surface area contributed by atoms with Crippen molar-refractivity contribution in [1.29, 1.82) is 0 Å². The molecule has 0 aromatic heterocycles. The second-order valence-electron chi connectivity index (χ2n) is 6.45. The molecule has 19 heavy (non-hydrogen) atoms. The maximum Gasteiger partial charge on any atom is 0.0619 e. The molecule has 3 atom stereocenters. The molecule has 3 nitrogen and oxygen atoms in total. The Labute approximate surface area is 118 Å². The molecule has 1 aliphatic carbocycles. The topological polar surface area (TPSA) is 30.5 Å². The van der Waals surface area contributed by atoms with Gasteiger partial charge in [-0.05, 0) is 56.9 Å². The summed E-state index contributed by atoms with van der Waals surface area (Å²) in [6, 6.07) is 0.745. The van der Waals surface area contributed by atoms with Crippen molar-refractivity contribution in [3.63, 3.8) is 0 Å². The van der Waals surface area contributed by atoms with Gasteiger partial charge < -0.3 is 14.8 Å². The summed E-state index contributed by atoms with van der Waals surface area (Å²) in [5.74, 6) is 1.79. The van der Waals surface area contributed by atoms with Crippen molar-refractivity contribution in [2.24, 2.45) is 11.8 Å². The van der Waals surface area contributed by atoms with Gasteiger partial charge in [-0.25, -0.2) is 0 Å². The number of ether oxygens (including phenoxy) is 2. The molecule has 1 N–H and O–H groups in total. The Morgan fingerprint density at radius 2 is 1.84 bits per heavy atom. The molecule has 112 valence electrons. The van der Waals surface area contributed by atoms with Gasteiger partial charge in [0.1, 0.15) is 0 Å². The molecule has 0 aromatic rings. The van der Waals surface area contributed by atoms with Crippen LogP contribution in [0.2, 0.25) is 0 Å². The third-order valence-electron chi connectivity index (χ3n) is 4.87. The zero-order valence-corrected chi connectivity index (χ0v) is 12.7. The van der Waals surface area contributed by atoms with E-state index >= 15 is 0 Å². The Morgan fingerprint density at radius 1 is 1.05 bits per heavy atom. The van der Waals surface area contributed by atoms with E-state index in [2.05, 4.69) is 19.2 Å². The standard InChI is InChI=1S/C16H31NO2/c1-13-4-5-15(12-14(13)2)17-8-3-9-19-16-6-10-18-11-7-16/h13-17H,3-12H2,1-2H3/t13-,14-,15-/m1/s1. The molecular formula is C16H31NO2. The van der Waals surface area contributed by atoms with Gasteiger partial charge in [0.25, 0.3) is 0 Å². The summed E-state index contributed by atoms with van der Waals surface area (Å²) >= 11 is 0. The van der Waals surface area contributed by atoms with Crippen LogP contribution in [0.15, 0.2) is 0 Å². The first-order chi connectivity index (χ1) is 9.25. The number of hydrogen-bond acceptors (Lipinski definition) is 3. The van der Waals surface area contributed by atoms with Crippen LogP contribution in [0.4, 0.5) is 0 Å². The molecule has 3 heteroatoms. The highest BCUT2D eigenvalue weighted by Crippen LogP contribution is 2.29. The van der Waals surface area contributed by atoms with Crippen molar-refractivity contribution in [1.82, 2.24) is 5.32 Å². The van der Waals surface area contributed by atoms with Crippen LogP contribution in [-0.2, 0) is 9.47 Å². The highest BCUT2D eigenvalue weighted by Gasteiger charge is 2.23. The summed E-state index contributed by atoms with van der Waals surface area (Å²) in [4.78, 5) is 0. The third-order valence-corrected chi connectivity index (χ3v) is 4.87. The molecule has 0 amide bonds. The average Bonchev–Trinajstić information content (AvgIpc) is 2.43. The lowest BCUT2D eigenvalue weighted by atomic mass is 9.79. The molecule has 1 heterocycles. The first-order valence-corrected chi connectivity index (χ1v) is 8.18. The Kier molecular flexibility index (Phi) is 6.62. The number of hydrogen-bond donors (Lipinski definition) is 1. The fourth-order valence-electron chi connectivity index (χ4n) is 3.20. The van der Waals surface area contributed by atoms with Gasteiger partial charge in [0.15, 0.2) is 0 Å². The van der Waals surface area contributed by atoms with Crippen molar-refractivity contribution in [2.45, 2.75) is 64.5 Å². The molecule has 2 fully saturated rings. The van der Waals surface area contributed by atoms with E-state index in [-0.39, 0.29) is 0 Å². The molecule has 0 unspecified atom stereocenters. The number of rotatable bonds is 6. The van der Waals surface area contributed by atoms with Crippen LogP contribution in [0.25, 0.3) is 0 Å². The number of nitrogens with one attached hydrogen (secondary N) is 1. The Bertz CT molecular complexity index is 241. The van der Waals surface area contributed by atoms with Crippen LogP contribution < -0.4 is 5.32 Å². The van der Waals surface area contributed by atoms with Crippen molar-refractivity contribution >= 4 is 0 Å². The molecule has 0 bridgehead atoms. The van der Waals surface area contributed by atoms with Gasteiger partial charge in [-0.2, -0.15) is 0 Å². The van der Waals surface area contributed by atoms with Crippen molar-refractivity contribution in [3.05, 3.63) is 0 Å². The fourth-order valence-corrected chi connectivity index (χ4v) is 3.20. The lowest BCUT2D eigenvalue weighted by Crippen LogP contribution is -2.37. The molecule has 0 aromatic carbocycles. The van der Waals surface area contributed by atoms with E-state index in [1.165, 1.54) is 19.3 Å². The van der Waals surface area contributed by atoms with Crippen LogP contribution in [-0.4, -0.2) is 38.5 Å². The second-order valence-corrected chi connectivity index (χ2v) is 6.45. The van der Waals surface area contributed by atoms with Crippen LogP contribution >= 0.6 is 0 Å². The van der Waals surface area contributed by atoms with E-state index in [4.69, 9.17) is 9.47 Å². The van der Waals surface area contributed by atoms with E-state index in [0.717, 1.165) is 63.5 Å². The maximum absolute atomic E-state index is 5.89. The second kappa shape index (κ2) is 8.23. The van der Waals surface area contributed by atoms with Crippen molar-refractivity contribution < 1.29 is 9.47 Å². The molecule has 0 spiro atoms. The Balaban J connectivity index is 1.47. The monoisotopic (exact) mass is 269 g/mol. The molecular weight excluding hydrogens is 238 g/mol. The summed E-state index contributed by atoms with van der Waals surface area (Å²) in [6.07, 6.45) is 7.82. The van der Waals surface area contributed by atoms with Crippen LogP contribution in [0.1, 0.15) is 52.4 Å². The third kappa shape index (κ3) is 5.41. The van der Waals surface area contributed by atoms with Gasteiger partial charge in [-0.1, -0.05) is 13.8 Å². The Morgan fingerprint density at radius 3 is 2.58 bits per heavy atom. The minimum atomic E-state index is 0.448. The smallest absolute Gasteiger partial charge is 0.0619 e. The van der Waals surface area contributed by atoms with Gasteiger partial charge in [-0.3, -0.25) is 0 Å². The van der Waals surface area contributed by atoms with Crippen molar-refractivity contribution in [2.75, 3.05) is 26.4 Å². The molecule has 1 saturated carbocycles. The van der Waals surface area contributed by atoms with Crippen LogP contribution in [0, 0.1) is 11.8 Å². The van der Waals surface area contributed by atoms with Crippen molar-refractivity contribution in [3.8, 4) is 0 Å². The lowest BCUT2D eigenvalue weighted by molar-refractivity contribution is -0.0323. The maximum atomic E-state index is 5.89. The predicted molar refractivity (Wildman–Crippen MR) is 78.4 cm³/mol. The summed E-state index contributed by atoms with van der Waals surface area (Å²) in [7, 11) is 0. The normalized spacial score (nSPS) is 33.5. The van der Waals surface area contributed by atoms with Gasteiger partial charge in [-0.15, -0.1) is 0 Å². The molecule has 1 aliphatic heterocycles. The van der Waals surface area contributed by atoms with Gasteiger partial charge in [0.05, 0.1) is 6.10 Å². The first-order valence-electron chi connectivity index (χ1n) is 8.18. The summed E-state index contributed by atoms with van der Waals surface area (Å²) in [5, 5.41) is 3.71. The van der Waals surface area contributed by atoms with E-state index in [9.17, 15) is 0 Å². The SMILES string of the molecule is C[C@@H]1CC[C@@H](NCCCOC2CCOCC2)C[C@H]1C. The van der Waals surface area contributed by atoms with Crippen LogP contribution in [0.3, 0.4) is 0 Å². The highest BCUT2D eigenvalue weighted by molar-refractivity contribution is 4.79. The minimum Gasteiger partial charge on any atom is -0.381 e. The summed E-state index contributed by atoms with van der Waals surface area (Å²) in [6.45, 7) is 8.54. The summed E-state index contributed by atoms with van der Waals surface area (Å²) < 4.78 is 11.2. The zero-order valence-electron chi connectivity index (χ0n) is 12.7. The van der Waals surface area contributed by atoms with Gasteiger partial charge in [0.2, 0.25) is 0 Å². The summed E-state index contributed by atoms with van der Waals surface area (Å²) in [5.41, 5.74) is 0. The van der Waals surface area contributed by atoms with Gasteiger partial charge in [0, 0.05) is 25.9 Å². The van der Waals surface area contributed by atoms with E-state index in [1.807, 2.05) is 0 Å². The van der Waals surface area contributed by atoms with E-state index in [1.54, 1.807) is 0 Å². The highest BCUT2D eigenvalue weighted by atomic mass is 16.5. The molecule has 1 saturated heterocycles. The lowest BCUT2D eigenvalue weighted by Gasteiger charge is -2.32. The molecule has 2 aliphatic rings. The Hall–Kier alpha value is -0.120. The van der Waals surface area contributed by atoms with Crippen LogP contribution in [0.5, 0.6) is 0 Å². The quantitative estimate of drug-likeness (QED) is 0.752. The zero-order chi connectivity index (χ0) is 13.5. The average molecular weight is 269 g/mol. The largest absolute Gasteiger partial charge is 0.381 e. The first kappa shape index (κ1) is 15.3. The van der Waals surface area contributed by atoms with E-state index < -0.39 is 0 Å². The molecule has 0 radical (unpaired) electrons. The fraction of sp³-hybridized carbons (Fsp3) is 1.00. The minimum absolute atomic E-state index is 0.448. The van der Waals surface area contributed by atoms with Gasteiger partial charge >= 0.3 is 0 Å².